The van der Waals surface area contributed by atoms with Crippen LogP contribution in [0.2, 0.25) is 5.02 Å². The van der Waals surface area contributed by atoms with Crippen molar-refractivity contribution in [3.8, 4) is 5.75 Å². The van der Waals surface area contributed by atoms with Crippen molar-refractivity contribution >= 4 is 11.6 Å². The number of aromatic hydroxyl groups is 1. The van der Waals surface area contributed by atoms with Crippen LogP contribution >= 0.6 is 11.6 Å². The molecule has 1 heterocycles. The van der Waals surface area contributed by atoms with Gasteiger partial charge in [-0.05, 0) is 24.8 Å². The summed E-state index contributed by atoms with van der Waals surface area (Å²) in [6, 6.07) is 3.23. The summed E-state index contributed by atoms with van der Waals surface area (Å²) >= 11 is 5.92. The molecule has 0 spiro atoms. The lowest BCUT2D eigenvalue weighted by Gasteiger charge is -2.39. The summed E-state index contributed by atoms with van der Waals surface area (Å²) in [5, 5.41) is 13.5. The van der Waals surface area contributed by atoms with Gasteiger partial charge in [0.2, 0.25) is 0 Å². The van der Waals surface area contributed by atoms with Crippen molar-refractivity contribution in [1.82, 2.24) is 10.2 Å². The van der Waals surface area contributed by atoms with Crippen LogP contribution in [0.1, 0.15) is 37.3 Å². The Balaban J connectivity index is 1.96. The van der Waals surface area contributed by atoms with E-state index in [-0.39, 0.29) is 16.8 Å². The monoisotopic (exact) mass is 312 g/mol. The zero-order valence-corrected chi connectivity index (χ0v) is 12.9. The Labute approximate surface area is 130 Å². The van der Waals surface area contributed by atoms with Crippen LogP contribution in [-0.4, -0.2) is 36.2 Å². The summed E-state index contributed by atoms with van der Waals surface area (Å²) in [5.41, 5.74) is 0.787. The SMILES string of the molecule is Oc1c([C@H](C2CCCC2)N2CCNCC2)ccc(F)c1Cl. The second-order valence-corrected chi connectivity index (χ2v) is 6.45. The van der Waals surface area contributed by atoms with E-state index in [9.17, 15) is 9.50 Å². The van der Waals surface area contributed by atoms with Gasteiger partial charge in [0.15, 0.2) is 0 Å². The van der Waals surface area contributed by atoms with Crippen LogP contribution in [0.15, 0.2) is 12.1 Å². The molecule has 3 nitrogen and oxygen atoms in total. The number of phenolic OH excluding ortho intramolecular Hbond substituents is 1. The zero-order valence-electron chi connectivity index (χ0n) is 12.1. The molecule has 1 saturated carbocycles. The average Bonchev–Trinajstić information content (AvgIpc) is 3.03. The van der Waals surface area contributed by atoms with E-state index in [2.05, 4.69) is 10.2 Å². The van der Waals surface area contributed by atoms with E-state index >= 15 is 0 Å². The third kappa shape index (κ3) is 3.03. The van der Waals surface area contributed by atoms with Crippen molar-refractivity contribution in [1.29, 1.82) is 0 Å². The minimum absolute atomic E-state index is 0.0768. The van der Waals surface area contributed by atoms with E-state index in [0.717, 1.165) is 31.7 Å². The van der Waals surface area contributed by atoms with Crippen LogP contribution in [0.5, 0.6) is 5.75 Å². The number of nitrogens with zero attached hydrogens (tertiary/aromatic N) is 1. The Kier molecular flexibility index (Phi) is 4.67. The van der Waals surface area contributed by atoms with Crippen molar-refractivity contribution in [3.05, 3.63) is 28.5 Å². The van der Waals surface area contributed by atoms with Crippen LogP contribution < -0.4 is 5.32 Å². The first-order valence-corrected chi connectivity index (χ1v) is 8.18. The largest absolute Gasteiger partial charge is 0.506 e. The summed E-state index contributed by atoms with van der Waals surface area (Å²) < 4.78 is 13.5. The Morgan fingerprint density at radius 1 is 1.24 bits per heavy atom. The third-order valence-corrected chi connectivity index (χ3v) is 5.17. The molecule has 1 saturated heterocycles. The lowest BCUT2D eigenvalue weighted by molar-refractivity contribution is 0.123. The molecule has 5 heteroatoms. The highest BCUT2D eigenvalue weighted by Gasteiger charge is 2.34. The van der Waals surface area contributed by atoms with Gasteiger partial charge in [-0.15, -0.1) is 0 Å². The van der Waals surface area contributed by atoms with Gasteiger partial charge in [-0.3, -0.25) is 4.90 Å². The number of benzene rings is 1. The number of halogens is 2. The fourth-order valence-electron chi connectivity index (χ4n) is 3.78. The van der Waals surface area contributed by atoms with Gasteiger partial charge in [0.25, 0.3) is 0 Å². The smallest absolute Gasteiger partial charge is 0.145 e. The molecule has 116 valence electrons. The normalized spacial score (nSPS) is 22.6. The van der Waals surface area contributed by atoms with Gasteiger partial charge in [0, 0.05) is 37.8 Å². The molecular formula is C16H22ClFN2O. The Bertz CT molecular complexity index is 499. The van der Waals surface area contributed by atoms with Gasteiger partial charge >= 0.3 is 0 Å². The van der Waals surface area contributed by atoms with Gasteiger partial charge in [0.1, 0.15) is 16.6 Å². The summed E-state index contributed by atoms with van der Waals surface area (Å²) in [4.78, 5) is 2.41. The van der Waals surface area contributed by atoms with Crippen LogP contribution in [0.4, 0.5) is 4.39 Å². The minimum atomic E-state index is -0.552. The number of rotatable bonds is 3. The van der Waals surface area contributed by atoms with E-state index in [4.69, 9.17) is 11.6 Å². The maximum atomic E-state index is 13.5. The minimum Gasteiger partial charge on any atom is -0.506 e. The average molecular weight is 313 g/mol. The maximum Gasteiger partial charge on any atom is 0.145 e. The number of phenols is 1. The molecule has 3 rings (SSSR count). The lowest BCUT2D eigenvalue weighted by Crippen LogP contribution is -2.46. The third-order valence-electron chi connectivity index (χ3n) is 4.81. The van der Waals surface area contributed by atoms with Crippen molar-refractivity contribution in [3.63, 3.8) is 0 Å². The molecule has 1 aromatic carbocycles. The molecule has 21 heavy (non-hydrogen) atoms. The van der Waals surface area contributed by atoms with Crippen molar-refractivity contribution in [2.24, 2.45) is 5.92 Å². The first-order chi connectivity index (χ1) is 10.2. The van der Waals surface area contributed by atoms with E-state index in [1.165, 1.54) is 31.7 Å². The molecule has 0 amide bonds. The maximum absolute atomic E-state index is 13.5. The molecule has 0 bridgehead atoms. The van der Waals surface area contributed by atoms with Crippen LogP contribution in [-0.2, 0) is 0 Å². The first kappa shape index (κ1) is 15.1. The summed E-state index contributed by atoms with van der Waals surface area (Å²) in [6.07, 6.45) is 4.82. The Hall–Kier alpha value is -0.840. The summed E-state index contributed by atoms with van der Waals surface area (Å²) in [5.74, 6) is -0.106. The number of piperazine rings is 1. The van der Waals surface area contributed by atoms with Gasteiger partial charge in [-0.1, -0.05) is 30.5 Å². The molecule has 2 N–H and O–H groups in total. The Morgan fingerprint density at radius 2 is 1.90 bits per heavy atom. The van der Waals surface area contributed by atoms with Gasteiger partial charge < -0.3 is 10.4 Å². The highest BCUT2D eigenvalue weighted by Crippen LogP contribution is 2.44. The fourth-order valence-corrected chi connectivity index (χ4v) is 3.95. The van der Waals surface area contributed by atoms with E-state index in [1.807, 2.05) is 0 Å². The van der Waals surface area contributed by atoms with E-state index < -0.39 is 5.82 Å². The van der Waals surface area contributed by atoms with Gasteiger partial charge in [0.05, 0.1) is 0 Å². The van der Waals surface area contributed by atoms with Gasteiger partial charge in [-0.2, -0.15) is 0 Å². The molecule has 0 unspecified atom stereocenters. The summed E-state index contributed by atoms with van der Waals surface area (Å²) in [7, 11) is 0. The van der Waals surface area contributed by atoms with Crippen molar-refractivity contribution < 1.29 is 9.50 Å². The van der Waals surface area contributed by atoms with Crippen LogP contribution in [0.25, 0.3) is 0 Å². The van der Waals surface area contributed by atoms with Crippen LogP contribution in [0.3, 0.4) is 0 Å². The highest BCUT2D eigenvalue weighted by atomic mass is 35.5. The van der Waals surface area contributed by atoms with Crippen LogP contribution in [0, 0.1) is 11.7 Å². The van der Waals surface area contributed by atoms with Gasteiger partial charge in [-0.25, -0.2) is 4.39 Å². The molecule has 1 aliphatic heterocycles. The van der Waals surface area contributed by atoms with Crippen molar-refractivity contribution in [2.75, 3.05) is 26.2 Å². The molecule has 0 radical (unpaired) electrons. The van der Waals surface area contributed by atoms with Crippen molar-refractivity contribution in [2.45, 2.75) is 31.7 Å². The topological polar surface area (TPSA) is 35.5 Å². The Morgan fingerprint density at radius 3 is 2.57 bits per heavy atom. The number of nitrogens with one attached hydrogen (secondary N) is 1. The highest BCUT2D eigenvalue weighted by molar-refractivity contribution is 6.32. The predicted molar refractivity (Wildman–Crippen MR) is 82.2 cm³/mol. The molecule has 1 atom stereocenters. The number of hydrogen-bond donors (Lipinski definition) is 2. The lowest BCUT2D eigenvalue weighted by atomic mass is 9.89. The summed E-state index contributed by atoms with van der Waals surface area (Å²) in [6.45, 7) is 3.82. The molecule has 1 aliphatic carbocycles. The molecular weight excluding hydrogens is 291 g/mol. The zero-order chi connectivity index (χ0) is 14.8. The quantitative estimate of drug-likeness (QED) is 0.898. The molecule has 1 aromatic rings. The number of hydrogen-bond acceptors (Lipinski definition) is 3. The first-order valence-electron chi connectivity index (χ1n) is 7.80. The molecule has 2 aliphatic rings. The predicted octanol–water partition coefficient (Wildman–Crippen LogP) is 3.32. The second kappa shape index (κ2) is 6.51. The fraction of sp³-hybridized carbons (Fsp3) is 0.625. The van der Waals surface area contributed by atoms with E-state index in [1.54, 1.807) is 6.07 Å². The molecule has 0 aromatic heterocycles. The van der Waals surface area contributed by atoms with E-state index in [0.29, 0.717) is 5.92 Å². The standard InChI is InChI=1S/C16H22ClFN2O/c17-14-13(18)6-5-12(16(14)21)15(11-3-1-2-4-11)20-9-7-19-8-10-20/h5-6,11,15,19,21H,1-4,7-10H2/t15-/m0/s1. The molecule has 2 fully saturated rings. The second-order valence-electron chi connectivity index (χ2n) is 6.07.